The molecule has 0 fully saturated rings. The van der Waals surface area contributed by atoms with Crippen molar-refractivity contribution in [2.75, 3.05) is 24.8 Å². The van der Waals surface area contributed by atoms with Crippen LogP contribution in [0.5, 0.6) is 17.2 Å². The SMILES string of the molecule is CCOc1cc(/C=C2/C(=O)N(c3ccccc3)N=C2C)cc(Br)c1OCCOc1cc(C)ccc1C. The van der Waals surface area contributed by atoms with Crippen LogP contribution in [0.1, 0.15) is 30.5 Å². The molecule has 0 saturated carbocycles. The molecule has 0 radical (unpaired) electrons. The van der Waals surface area contributed by atoms with Gasteiger partial charge in [0.15, 0.2) is 11.5 Å². The minimum absolute atomic E-state index is 0.170. The lowest BCUT2D eigenvalue weighted by Gasteiger charge is -2.16. The molecule has 186 valence electrons. The van der Waals surface area contributed by atoms with Gasteiger partial charge in [-0.15, -0.1) is 0 Å². The van der Waals surface area contributed by atoms with Gasteiger partial charge >= 0.3 is 0 Å². The molecule has 6 nitrogen and oxygen atoms in total. The number of hydrogen-bond acceptors (Lipinski definition) is 5. The van der Waals surface area contributed by atoms with Gasteiger partial charge < -0.3 is 14.2 Å². The number of rotatable bonds is 9. The number of hydrazone groups is 1. The van der Waals surface area contributed by atoms with Crippen LogP contribution in [0.25, 0.3) is 6.08 Å². The van der Waals surface area contributed by atoms with E-state index in [0.717, 1.165) is 32.6 Å². The summed E-state index contributed by atoms with van der Waals surface area (Å²) in [4.78, 5) is 13.1. The second-order valence-corrected chi connectivity index (χ2v) is 9.28. The molecule has 0 aliphatic carbocycles. The molecule has 7 heteroatoms. The molecular formula is C29H29BrN2O4. The first-order chi connectivity index (χ1) is 17.4. The van der Waals surface area contributed by atoms with Crippen LogP contribution in [0, 0.1) is 13.8 Å². The molecule has 1 heterocycles. The first kappa shape index (κ1) is 25.5. The average molecular weight is 549 g/mol. The summed E-state index contributed by atoms with van der Waals surface area (Å²) in [6.07, 6.45) is 1.82. The minimum Gasteiger partial charge on any atom is -0.490 e. The fourth-order valence-corrected chi connectivity index (χ4v) is 4.40. The Labute approximate surface area is 220 Å². The monoisotopic (exact) mass is 548 g/mol. The van der Waals surface area contributed by atoms with Crippen LogP contribution in [-0.2, 0) is 4.79 Å². The Kier molecular flexibility index (Phi) is 8.10. The number of benzene rings is 3. The highest BCUT2D eigenvalue weighted by atomic mass is 79.9. The maximum atomic E-state index is 13.1. The number of para-hydroxylation sites is 1. The third-order valence-electron chi connectivity index (χ3n) is 5.64. The summed E-state index contributed by atoms with van der Waals surface area (Å²) in [5.41, 5.74) is 4.95. The van der Waals surface area contributed by atoms with E-state index in [2.05, 4.69) is 27.1 Å². The van der Waals surface area contributed by atoms with Gasteiger partial charge in [-0.1, -0.05) is 30.3 Å². The predicted molar refractivity (Wildman–Crippen MR) is 147 cm³/mol. The summed E-state index contributed by atoms with van der Waals surface area (Å²) >= 11 is 3.61. The Bertz CT molecular complexity index is 1320. The van der Waals surface area contributed by atoms with Gasteiger partial charge in [-0.05, 0) is 96.7 Å². The Morgan fingerprint density at radius 2 is 1.67 bits per heavy atom. The maximum absolute atomic E-state index is 13.1. The van der Waals surface area contributed by atoms with E-state index in [0.29, 0.717) is 42.6 Å². The second-order valence-electron chi connectivity index (χ2n) is 8.42. The van der Waals surface area contributed by atoms with Crippen LogP contribution in [0.4, 0.5) is 5.69 Å². The van der Waals surface area contributed by atoms with Crippen molar-refractivity contribution in [3.63, 3.8) is 0 Å². The third kappa shape index (κ3) is 5.79. The molecule has 36 heavy (non-hydrogen) atoms. The van der Waals surface area contributed by atoms with Gasteiger partial charge in [0.1, 0.15) is 19.0 Å². The highest BCUT2D eigenvalue weighted by Gasteiger charge is 2.28. The Balaban J connectivity index is 1.50. The molecule has 0 saturated heterocycles. The van der Waals surface area contributed by atoms with Gasteiger partial charge in [-0.2, -0.15) is 10.1 Å². The average Bonchev–Trinajstić information content (AvgIpc) is 3.14. The van der Waals surface area contributed by atoms with Gasteiger partial charge in [0.2, 0.25) is 0 Å². The van der Waals surface area contributed by atoms with E-state index in [4.69, 9.17) is 14.2 Å². The molecule has 1 aliphatic heterocycles. The van der Waals surface area contributed by atoms with E-state index in [1.165, 1.54) is 5.01 Å². The summed E-state index contributed by atoms with van der Waals surface area (Å²) in [5, 5.41) is 5.88. The minimum atomic E-state index is -0.170. The quantitative estimate of drug-likeness (QED) is 0.220. The van der Waals surface area contributed by atoms with Crippen LogP contribution >= 0.6 is 15.9 Å². The number of halogens is 1. The largest absolute Gasteiger partial charge is 0.490 e. The number of ether oxygens (including phenoxy) is 3. The first-order valence-electron chi connectivity index (χ1n) is 11.8. The summed E-state index contributed by atoms with van der Waals surface area (Å²) in [5.74, 6) is 1.87. The number of carbonyl (C=O) groups excluding carboxylic acids is 1. The molecule has 4 rings (SSSR count). The Hall–Kier alpha value is -3.58. The normalized spacial score (nSPS) is 14.2. The van der Waals surface area contributed by atoms with Crippen LogP contribution in [-0.4, -0.2) is 31.4 Å². The number of hydrogen-bond donors (Lipinski definition) is 0. The fourth-order valence-electron chi connectivity index (χ4n) is 3.83. The van der Waals surface area contributed by atoms with Crippen molar-refractivity contribution in [1.29, 1.82) is 0 Å². The van der Waals surface area contributed by atoms with Gasteiger partial charge in [0.25, 0.3) is 5.91 Å². The molecular weight excluding hydrogens is 520 g/mol. The molecule has 3 aromatic carbocycles. The van der Waals surface area contributed by atoms with Crippen molar-refractivity contribution in [3.05, 3.63) is 87.4 Å². The highest BCUT2D eigenvalue weighted by molar-refractivity contribution is 9.10. The molecule has 0 aromatic heterocycles. The van der Waals surface area contributed by atoms with E-state index in [-0.39, 0.29) is 5.91 Å². The van der Waals surface area contributed by atoms with Crippen molar-refractivity contribution in [2.45, 2.75) is 27.7 Å². The van der Waals surface area contributed by atoms with Gasteiger partial charge in [-0.25, -0.2) is 0 Å². The van der Waals surface area contributed by atoms with Crippen molar-refractivity contribution >= 4 is 39.3 Å². The number of carbonyl (C=O) groups is 1. The Morgan fingerprint density at radius 1 is 0.917 bits per heavy atom. The topological polar surface area (TPSA) is 60.4 Å². The molecule has 1 amide bonds. The molecule has 0 unspecified atom stereocenters. The fraction of sp³-hybridized carbons (Fsp3) is 0.241. The smallest absolute Gasteiger partial charge is 0.280 e. The van der Waals surface area contributed by atoms with Crippen LogP contribution in [0.3, 0.4) is 0 Å². The number of amides is 1. The molecule has 0 bridgehead atoms. The van der Waals surface area contributed by atoms with E-state index in [9.17, 15) is 4.79 Å². The van der Waals surface area contributed by atoms with E-state index in [1.807, 2.05) is 88.4 Å². The second kappa shape index (κ2) is 11.4. The Morgan fingerprint density at radius 3 is 2.42 bits per heavy atom. The summed E-state index contributed by atoms with van der Waals surface area (Å²) in [6.45, 7) is 9.03. The summed E-state index contributed by atoms with van der Waals surface area (Å²) in [7, 11) is 0. The van der Waals surface area contributed by atoms with Crippen molar-refractivity contribution < 1.29 is 19.0 Å². The lowest BCUT2D eigenvalue weighted by atomic mass is 10.1. The predicted octanol–water partition coefficient (Wildman–Crippen LogP) is 6.73. The molecule has 0 spiro atoms. The zero-order chi connectivity index (χ0) is 25.7. The molecule has 0 N–H and O–H groups in total. The number of aryl methyl sites for hydroxylation is 2. The van der Waals surface area contributed by atoms with Crippen LogP contribution in [0.2, 0.25) is 0 Å². The zero-order valence-electron chi connectivity index (χ0n) is 20.9. The van der Waals surface area contributed by atoms with Crippen molar-refractivity contribution in [1.82, 2.24) is 0 Å². The summed E-state index contributed by atoms with van der Waals surface area (Å²) < 4.78 is 18.5. The molecule has 3 aromatic rings. The van der Waals surface area contributed by atoms with Gasteiger partial charge in [-0.3, -0.25) is 4.79 Å². The highest BCUT2D eigenvalue weighted by Crippen LogP contribution is 2.38. The third-order valence-corrected chi connectivity index (χ3v) is 6.23. The summed E-state index contributed by atoms with van der Waals surface area (Å²) in [6, 6.07) is 19.3. The lowest BCUT2D eigenvalue weighted by Crippen LogP contribution is -2.21. The van der Waals surface area contributed by atoms with E-state index >= 15 is 0 Å². The number of anilines is 1. The van der Waals surface area contributed by atoms with Gasteiger partial charge in [0, 0.05) is 0 Å². The van der Waals surface area contributed by atoms with E-state index < -0.39 is 0 Å². The van der Waals surface area contributed by atoms with Crippen molar-refractivity contribution in [3.8, 4) is 17.2 Å². The van der Waals surface area contributed by atoms with Crippen molar-refractivity contribution in [2.24, 2.45) is 5.10 Å². The number of nitrogens with zero attached hydrogens (tertiary/aromatic N) is 2. The standard InChI is InChI=1S/C29H29BrN2O4/c1-5-34-27-18-22(16-24-21(4)31-32(29(24)33)23-9-7-6-8-10-23)17-25(30)28(27)36-14-13-35-26-15-19(2)11-12-20(26)3/h6-12,15-18H,5,13-14H2,1-4H3/b24-16+. The maximum Gasteiger partial charge on any atom is 0.280 e. The molecule has 1 aliphatic rings. The van der Waals surface area contributed by atoms with Crippen LogP contribution < -0.4 is 19.2 Å². The van der Waals surface area contributed by atoms with E-state index in [1.54, 1.807) is 0 Å². The lowest BCUT2D eigenvalue weighted by molar-refractivity contribution is -0.114. The van der Waals surface area contributed by atoms with Gasteiger partial charge in [0.05, 0.1) is 28.1 Å². The zero-order valence-corrected chi connectivity index (χ0v) is 22.5. The first-order valence-corrected chi connectivity index (χ1v) is 12.6. The van der Waals surface area contributed by atoms with Crippen LogP contribution in [0.15, 0.2) is 75.8 Å². The molecule has 0 atom stereocenters.